The van der Waals surface area contributed by atoms with E-state index in [9.17, 15) is 18.0 Å². The smallest absolute Gasteiger partial charge is 0.318 e. The molecule has 0 aliphatic carbocycles. The molecule has 0 bridgehead atoms. The molecular formula is C26H32ClN4O4S. The van der Waals surface area contributed by atoms with Crippen molar-refractivity contribution in [2.75, 3.05) is 30.6 Å². The predicted octanol–water partition coefficient (Wildman–Crippen LogP) is 4.00. The number of likely N-dealkylation sites (tertiary alicyclic amines) is 2. The first-order valence-electron chi connectivity index (χ1n) is 12.2. The number of urea groups is 1. The fourth-order valence-electron chi connectivity index (χ4n) is 4.85. The second kappa shape index (κ2) is 11.5. The molecule has 36 heavy (non-hydrogen) atoms. The lowest BCUT2D eigenvalue weighted by Gasteiger charge is -2.35. The maximum absolute atomic E-state index is 13.6. The second-order valence-electron chi connectivity index (χ2n) is 9.41. The zero-order chi connectivity index (χ0) is 25.7. The molecule has 1 atom stereocenters. The van der Waals surface area contributed by atoms with Gasteiger partial charge in [0.25, 0.3) is 0 Å². The van der Waals surface area contributed by atoms with Gasteiger partial charge in [-0.25, -0.2) is 13.2 Å². The van der Waals surface area contributed by atoms with Crippen LogP contribution in [0.2, 0.25) is 5.02 Å². The van der Waals surface area contributed by atoms with Gasteiger partial charge in [-0.1, -0.05) is 41.9 Å². The highest BCUT2D eigenvalue weighted by molar-refractivity contribution is 7.92. The van der Waals surface area contributed by atoms with Crippen molar-refractivity contribution < 1.29 is 18.0 Å². The van der Waals surface area contributed by atoms with Crippen molar-refractivity contribution in [1.82, 2.24) is 15.1 Å². The summed E-state index contributed by atoms with van der Waals surface area (Å²) in [6.07, 6.45) is 4.70. The number of hydrogen-bond donors (Lipinski definition) is 2. The Kier molecular flexibility index (Phi) is 8.41. The summed E-state index contributed by atoms with van der Waals surface area (Å²) in [5.41, 5.74) is 2.43. The lowest BCUT2D eigenvalue weighted by Crippen LogP contribution is -2.53. The molecule has 0 saturated carbocycles. The van der Waals surface area contributed by atoms with Gasteiger partial charge >= 0.3 is 6.03 Å². The van der Waals surface area contributed by atoms with Gasteiger partial charge in [0.15, 0.2) is 0 Å². The molecule has 2 aromatic carbocycles. The van der Waals surface area contributed by atoms with Crippen molar-refractivity contribution in [3.63, 3.8) is 0 Å². The summed E-state index contributed by atoms with van der Waals surface area (Å²) in [6.45, 7) is 3.58. The highest BCUT2D eigenvalue weighted by atomic mass is 35.5. The fourth-order valence-corrected chi connectivity index (χ4v) is 5.56. The summed E-state index contributed by atoms with van der Waals surface area (Å²) in [4.78, 5) is 29.8. The van der Waals surface area contributed by atoms with Crippen LogP contribution in [0.1, 0.15) is 42.7 Å². The maximum Gasteiger partial charge on any atom is 0.318 e. The van der Waals surface area contributed by atoms with Gasteiger partial charge in [-0.3, -0.25) is 9.52 Å². The molecule has 0 spiro atoms. The standard InChI is InChI=1S/C26H32ClN4O4S/c1-36(34,35)29-23-7-3-2-6-22(23)20-12-16-30(17-13-20)25(32)24(18-19-8-10-21(27)11-9-19)28-26(33)31-14-4-5-15-31/h2-3,6-11,14,20,24,29H,4-5,12-13,15-18H2,1H3,(H,28,33)/t24-/m1/s1. The van der Waals surface area contributed by atoms with Crippen molar-refractivity contribution in [2.45, 2.75) is 44.1 Å². The van der Waals surface area contributed by atoms with E-state index in [1.165, 1.54) is 0 Å². The molecular weight excluding hydrogens is 500 g/mol. The summed E-state index contributed by atoms with van der Waals surface area (Å²) in [7, 11) is -3.39. The van der Waals surface area contributed by atoms with E-state index >= 15 is 0 Å². The summed E-state index contributed by atoms with van der Waals surface area (Å²) in [6, 6.07) is 13.8. The quantitative estimate of drug-likeness (QED) is 0.564. The average molecular weight is 532 g/mol. The first-order valence-corrected chi connectivity index (χ1v) is 14.5. The van der Waals surface area contributed by atoms with Gasteiger partial charge < -0.3 is 15.1 Å². The van der Waals surface area contributed by atoms with Crippen LogP contribution in [0.4, 0.5) is 10.5 Å². The van der Waals surface area contributed by atoms with Crippen molar-refractivity contribution in [3.05, 3.63) is 71.2 Å². The van der Waals surface area contributed by atoms with Crippen LogP contribution in [0.3, 0.4) is 0 Å². The lowest BCUT2D eigenvalue weighted by atomic mass is 9.88. The van der Waals surface area contributed by atoms with E-state index in [-0.39, 0.29) is 17.9 Å². The third kappa shape index (κ3) is 6.91. The number of hydrogen-bond acceptors (Lipinski definition) is 4. The predicted molar refractivity (Wildman–Crippen MR) is 141 cm³/mol. The minimum absolute atomic E-state index is 0.113. The molecule has 8 nitrogen and oxygen atoms in total. The van der Waals surface area contributed by atoms with Crippen LogP contribution in [-0.4, -0.2) is 62.1 Å². The molecule has 2 N–H and O–H groups in total. The van der Waals surface area contributed by atoms with Gasteiger partial charge in [0.1, 0.15) is 6.04 Å². The number of piperidine rings is 1. The van der Waals surface area contributed by atoms with E-state index in [1.807, 2.05) is 30.8 Å². The van der Waals surface area contributed by atoms with Crippen LogP contribution in [0.5, 0.6) is 0 Å². The summed E-state index contributed by atoms with van der Waals surface area (Å²) in [5, 5.41) is 3.57. The molecule has 193 valence electrons. The highest BCUT2D eigenvalue weighted by Gasteiger charge is 2.32. The van der Waals surface area contributed by atoms with Crippen molar-refractivity contribution in [3.8, 4) is 0 Å². The molecule has 0 aromatic heterocycles. The number of benzene rings is 2. The topological polar surface area (TPSA) is 98.8 Å². The Bertz CT molecular complexity index is 1170. The van der Waals surface area contributed by atoms with E-state index in [1.54, 1.807) is 34.1 Å². The van der Waals surface area contributed by atoms with Crippen LogP contribution in [0, 0.1) is 6.54 Å². The number of carbonyl (C=O) groups is 2. The number of rotatable bonds is 7. The summed E-state index contributed by atoms with van der Waals surface area (Å²) >= 11 is 6.02. The largest absolute Gasteiger partial charge is 0.341 e. The van der Waals surface area contributed by atoms with Crippen LogP contribution < -0.4 is 10.0 Å². The molecule has 10 heteroatoms. The number of anilines is 1. The molecule has 2 saturated heterocycles. The monoisotopic (exact) mass is 531 g/mol. The number of nitrogens with one attached hydrogen (secondary N) is 2. The number of nitrogens with zero attached hydrogens (tertiary/aromatic N) is 2. The first-order chi connectivity index (χ1) is 17.2. The van der Waals surface area contributed by atoms with Crippen LogP contribution in [0.15, 0.2) is 48.5 Å². The normalized spacial score (nSPS) is 17.6. The highest BCUT2D eigenvalue weighted by Crippen LogP contribution is 2.33. The average Bonchev–Trinajstić information content (AvgIpc) is 3.39. The Hall–Kier alpha value is -2.78. The SMILES string of the molecule is CS(=O)(=O)Nc1ccccc1C1CCN(C(=O)[C@@H](Cc2ccc(Cl)cc2)NC(=O)N2[CH]CCC2)CC1. The molecule has 3 amide bonds. The molecule has 0 unspecified atom stereocenters. The first kappa shape index (κ1) is 26.3. The third-order valence-electron chi connectivity index (χ3n) is 6.66. The van der Waals surface area contributed by atoms with E-state index in [0.717, 1.165) is 30.2 Å². The van der Waals surface area contributed by atoms with Gasteiger partial charge in [-0.05, 0) is 60.9 Å². The number of sulfonamides is 1. The molecule has 4 rings (SSSR count). The second-order valence-corrected chi connectivity index (χ2v) is 11.6. The van der Waals surface area contributed by atoms with Gasteiger partial charge in [0.05, 0.1) is 18.5 Å². The van der Waals surface area contributed by atoms with Crippen LogP contribution in [0.25, 0.3) is 0 Å². The molecule has 2 aliphatic rings. The minimum atomic E-state index is -3.39. The fraction of sp³-hybridized carbons (Fsp3) is 0.423. The van der Waals surface area contributed by atoms with Crippen LogP contribution in [-0.2, 0) is 21.2 Å². The Morgan fingerprint density at radius 1 is 1.06 bits per heavy atom. The molecule has 2 aromatic rings. The molecule has 1 radical (unpaired) electrons. The zero-order valence-electron chi connectivity index (χ0n) is 20.3. The summed E-state index contributed by atoms with van der Waals surface area (Å²) in [5.74, 6) is 0.0153. The van der Waals surface area contributed by atoms with Gasteiger partial charge in [0, 0.05) is 31.1 Å². The maximum atomic E-state index is 13.6. The van der Waals surface area contributed by atoms with Gasteiger partial charge in [-0.2, -0.15) is 0 Å². The van der Waals surface area contributed by atoms with E-state index < -0.39 is 16.1 Å². The van der Waals surface area contributed by atoms with Crippen LogP contribution >= 0.6 is 11.6 Å². The minimum Gasteiger partial charge on any atom is -0.341 e. The lowest BCUT2D eigenvalue weighted by molar-refractivity contribution is -0.134. The van der Waals surface area contributed by atoms with E-state index in [0.29, 0.717) is 49.6 Å². The summed E-state index contributed by atoms with van der Waals surface area (Å²) < 4.78 is 26.2. The molecule has 2 aliphatic heterocycles. The Morgan fingerprint density at radius 3 is 2.39 bits per heavy atom. The third-order valence-corrected chi connectivity index (χ3v) is 7.51. The van der Waals surface area contributed by atoms with Crippen molar-refractivity contribution >= 4 is 39.2 Å². The number of amides is 3. The Labute approximate surface area is 218 Å². The van der Waals surface area contributed by atoms with Gasteiger partial charge in [-0.15, -0.1) is 0 Å². The van der Waals surface area contributed by atoms with Crippen molar-refractivity contribution in [1.29, 1.82) is 0 Å². The van der Waals surface area contributed by atoms with Crippen molar-refractivity contribution in [2.24, 2.45) is 0 Å². The van der Waals surface area contributed by atoms with E-state index in [4.69, 9.17) is 11.6 Å². The zero-order valence-corrected chi connectivity index (χ0v) is 21.9. The number of carbonyl (C=O) groups excluding carboxylic acids is 2. The van der Waals surface area contributed by atoms with E-state index in [2.05, 4.69) is 10.0 Å². The Balaban J connectivity index is 1.44. The Morgan fingerprint density at radius 2 is 1.75 bits per heavy atom. The van der Waals surface area contributed by atoms with Gasteiger partial charge in [0.2, 0.25) is 15.9 Å². The molecule has 2 heterocycles. The number of para-hydroxylation sites is 1. The molecule has 2 fully saturated rings. The number of halogens is 1.